The van der Waals surface area contributed by atoms with Gasteiger partial charge in [0.1, 0.15) is 5.82 Å². The van der Waals surface area contributed by atoms with E-state index in [0.29, 0.717) is 5.82 Å². The molecule has 0 saturated carbocycles. The van der Waals surface area contributed by atoms with Gasteiger partial charge >= 0.3 is 0 Å². The minimum absolute atomic E-state index is 0.606. The minimum atomic E-state index is -1.50. The normalized spacial score (nSPS) is 7.60. The fourth-order valence-corrected chi connectivity index (χ4v) is 0.267. The summed E-state index contributed by atoms with van der Waals surface area (Å²) in [5.41, 5.74) is 5.16. The highest BCUT2D eigenvalue weighted by atomic mass is 16.9. The van der Waals surface area contributed by atoms with Crippen LogP contribution in [0.25, 0.3) is 0 Å². The van der Waals surface area contributed by atoms with E-state index in [1.165, 1.54) is 0 Å². The van der Waals surface area contributed by atoms with Crippen molar-refractivity contribution in [1.29, 1.82) is 0 Å². The summed E-state index contributed by atoms with van der Waals surface area (Å²) in [7, 11) is 0. The van der Waals surface area contributed by atoms with E-state index in [0.717, 1.165) is 0 Å². The van der Waals surface area contributed by atoms with Crippen molar-refractivity contribution in [2.75, 3.05) is 5.73 Å². The molecule has 0 saturated heterocycles. The Bertz CT molecular complexity index is 180. The predicted molar refractivity (Wildman–Crippen MR) is 31.8 cm³/mol. The van der Waals surface area contributed by atoms with Crippen LogP contribution in [-0.4, -0.2) is 20.5 Å². The van der Waals surface area contributed by atoms with E-state index in [9.17, 15) is 0 Å². The molecule has 0 aliphatic carbocycles. The zero-order valence-corrected chi connectivity index (χ0v) is 4.89. The second kappa shape index (κ2) is 4.13. The van der Waals surface area contributed by atoms with Gasteiger partial charge in [0.05, 0.1) is 6.20 Å². The van der Waals surface area contributed by atoms with Crippen molar-refractivity contribution < 1.29 is 10.3 Å². The van der Waals surface area contributed by atoms with Gasteiger partial charge in [-0.3, -0.25) is 5.10 Å². The van der Waals surface area contributed by atoms with Gasteiger partial charge in [-0.25, -0.2) is 0 Å². The summed E-state index contributed by atoms with van der Waals surface area (Å²) in [5, 5.41) is 19.7. The van der Waals surface area contributed by atoms with Gasteiger partial charge in [-0.2, -0.15) is 5.10 Å². The number of nitrogens with zero attached hydrogens (tertiary/aromatic N) is 2. The van der Waals surface area contributed by atoms with E-state index in [2.05, 4.69) is 10.2 Å². The van der Waals surface area contributed by atoms with Crippen molar-refractivity contribution >= 4 is 5.82 Å². The summed E-state index contributed by atoms with van der Waals surface area (Å²) >= 11 is 0. The van der Waals surface area contributed by atoms with Crippen LogP contribution in [0.4, 0.5) is 5.82 Å². The number of nitrogens with one attached hydrogen (secondary N) is 1. The van der Waals surface area contributed by atoms with Crippen LogP contribution in [0.15, 0.2) is 12.3 Å². The molecule has 1 rings (SSSR count). The molecule has 0 atom stereocenters. The second-order valence-electron chi connectivity index (χ2n) is 1.25. The first-order valence-corrected chi connectivity index (χ1v) is 2.21. The number of nitrogens with two attached hydrogens (primary N) is 1. The second-order valence-corrected chi connectivity index (χ2v) is 1.25. The third kappa shape index (κ3) is 6.21. The molecule has 0 unspecified atom stereocenters. The quantitative estimate of drug-likeness (QED) is 0.341. The monoisotopic (exact) mass is 146 g/mol. The van der Waals surface area contributed by atoms with E-state index in [-0.39, 0.29) is 0 Å². The molecule has 7 nitrogen and oxygen atoms in total. The summed E-state index contributed by atoms with van der Waals surface area (Å²) in [5.74, 6) is 0.606. The van der Waals surface area contributed by atoms with E-state index in [1.807, 2.05) is 0 Å². The zero-order valence-electron chi connectivity index (χ0n) is 4.89. The molecule has 1 aromatic rings. The van der Waals surface area contributed by atoms with Gasteiger partial charge in [0, 0.05) is 0 Å². The summed E-state index contributed by atoms with van der Waals surface area (Å²) in [6, 6.07) is 1.69. The number of hydrogen-bond acceptors (Lipinski definition) is 4. The number of rotatable bonds is 0. The number of nitrogen functional groups attached to an aromatic ring is 1. The van der Waals surface area contributed by atoms with E-state index < -0.39 is 5.09 Å². The number of aromatic nitrogens is 2. The molecular formula is C3H6N4O3. The molecule has 0 radical (unpaired) electrons. The van der Waals surface area contributed by atoms with Crippen LogP contribution in [0.1, 0.15) is 0 Å². The fraction of sp³-hybridized carbons (Fsp3) is 0. The number of anilines is 1. The Balaban J connectivity index is 0.000000180. The van der Waals surface area contributed by atoms with Crippen LogP contribution in [0.2, 0.25) is 0 Å². The van der Waals surface area contributed by atoms with Gasteiger partial charge in [0.2, 0.25) is 0 Å². The standard InChI is InChI=1S/C3H5N3.HNO3/c4-3-1-2-5-6-3;2-1(3)4/h1-2H,(H3,4,5,6);(H,2,3,4). The average Bonchev–Trinajstić information content (AvgIpc) is 2.15. The maximum atomic E-state index is 8.36. The van der Waals surface area contributed by atoms with Crippen molar-refractivity contribution in [3.05, 3.63) is 22.4 Å². The molecule has 0 aromatic carbocycles. The molecule has 10 heavy (non-hydrogen) atoms. The molecule has 4 N–H and O–H groups in total. The van der Waals surface area contributed by atoms with Gasteiger partial charge in [0.15, 0.2) is 0 Å². The Morgan fingerprint density at radius 3 is 2.50 bits per heavy atom. The molecule has 1 heterocycles. The molecule has 0 aliphatic heterocycles. The van der Waals surface area contributed by atoms with Crippen LogP contribution in [0.3, 0.4) is 0 Å². The Kier molecular flexibility index (Phi) is 3.39. The van der Waals surface area contributed by atoms with Crippen molar-refractivity contribution in [2.24, 2.45) is 0 Å². The summed E-state index contributed by atoms with van der Waals surface area (Å²) < 4.78 is 0. The van der Waals surface area contributed by atoms with Gasteiger partial charge < -0.3 is 10.9 Å². The average molecular weight is 146 g/mol. The summed E-state index contributed by atoms with van der Waals surface area (Å²) in [6.45, 7) is 0. The molecule has 56 valence electrons. The minimum Gasteiger partial charge on any atom is -0.384 e. The van der Waals surface area contributed by atoms with Crippen LogP contribution >= 0.6 is 0 Å². The third-order valence-electron chi connectivity index (χ3n) is 0.522. The lowest BCUT2D eigenvalue weighted by atomic mass is 10.7. The maximum absolute atomic E-state index is 8.36. The number of hydrogen-bond donors (Lipinski definition) is 3. The van der Waals surface area contributed by atoms with E-state index >= 15 is 0 Å². The number of aromatic amines is 1. The third-order valence-corrected chi connectivity index (χ3v) is 0.522. The van der Waals surface area contributed by atoms with Gasteiger partial charge in [-0.05, 0) is 6.07 Å². The van der Waals surface area contributed by atoms with E-state index in [4.69, 9.17) is 21.1 Å². The van der Waals surface area contributed by atoms with Crippen LogP contribution < -0.4 is 5.73 Å². The Morgan fingerprint density at radius 2 is 2.40 bits per heavy atom. The van der Waals surface area contributed by atoms with Gasteiger partial charge in [-0.1, -0.05) is 0 Å². The first-order valence-electron chi connectivity index (χ1n) is 2.21. The van der Waals surface area contributed by atoms with Crippen molar-refractivity contribution in [1.82, 2.24) is 10.2 Å². The lowest BCUT2D eigenvalue weighted by molar-refractivity contribution is -0.742. The Morgan fingerprint density at radius 1 is 1.90 bits per heavy atom. The predicted octanol–water partition coefficient (Wildman–Crippen LogP) is -0.356. The Hall–Kier alpha value is -1.79. The molecular weight excluding hydrogens is 140 g/mol. The van der Waals surface area contributed by atoms with Crippen molar-refractivity contribution in [2.45, 2.75) is 0 Å². The summed E-state index contributed by atoms with van der Waals surface area (Å²) in [6.07, 6.45) is 1.61. The fourth-order valence-electron chi connectivity index (χ4n) is 0.267. The highest BCUT2D eigenvalue weighted by Gasteiger charge is 1.74. The van der Waals surface area contributed by atoms with Crippen LogP contribution in [-0.2, 0) is 0 Å². The van der Waals surface area contributed by atoms with Crippen molar-refractivity contribution in [3.63, 3.8) is 0 Å². The zero-order chi connectivity index (χ0) is 7.98. The molecule has 0 fully saturated rings. The number of H-pyrrole nitrogens is 1. The van der Waals surface area contributed by atoms with Gasteiger partial charge in [-0.15, -0.1) is 10.1 Å². The highest BCUT2D eigenvalue weighted by Crippen LogP contribution is 1.86. The molecule has 0 aliphatic rings. The first kappa shape index (κ1) is 8.21. The van der Waals surface area contributed by atoms with Crippen LogP contribution in [0, 0.1) is 10.1 Å². The van der Waals surface area contributed by atoms with Gasteiger partial charge in [0.25, 0.3) is 5.09 Å². The smallest absolute Gasteiger partial charge is 0.291 e. The van der Waals surface area contributed by atoms with E-state index in [1.54, 1.807) is 12.3 Å². The topological polar surface area (TPSA) is 118 Å². The first-order chi connectivity index (χ1) is 4.63. The van der Waals surface area contributed by atoms with Crippen molar-refractivity contribution in [3.8, 4) is 0 Å². The lowest BCUT2D eigenvalue weighted by Gasteiger charge is -1.70. The molecule has 0 bridgehead atoms. The highest BCUT2D eigenvalue weighted by molar-refractivity contribution is 5.22. The molecule has 1 aromatic heterocycles. The molecule has 7 heteroatoms. The molecule has 0 spiro atoms. The molecule has 0 amide bonds. The maximum Gasteiger partial charge on any atom is 0.291 e. The van der Waals surface area contributed by atoms with Crippen LogP contribution in [0.5, 0.6) is 0 Å². The SMILES string of the molecule is Nc1ccn[nH]1.O=[N+]([O-])O. The Labute approximate surface area is 55.6 Å². The summed E-state index contributed by atoms with van der Waals surface area (Å²) in [4.78, 5) is 8.36. The largest absolute Gasteiger partial charge is 0.384 e. The lowest BCUT2D eigenvalue weighted by Crippen LogP contribution is -1.81.